The van der Waals surface area contributed by atoms with Crippen LogP contribution >= 0.6 is 0 Å². The van der Waals surface area contributed by atoms with Crippen LogP contribution in [-0.2, 0) is 62.3 Å². The largest absolute Gasteiger partial charge is 0.490 e. The van der Waals surface area contributed by atoms with Crippen molar-refractivity contribution in [3.8, 4) is 0 Å². The Hall–Kier alpha value is -6.83. The fourth-order valence-electron chi connectivity index (χ4n) is 11.0. The maximum atomic E-state index is 15.4. The van der Waals surface area contributed by atoms with Crippen LogP contribution in [0.15, 0.2) is 12.2 Å². The van der Waals surface area contributed by atoms with E-state index in [0.29, 0.717) is 0 Å². The topological polar surface area (TPSA) is 285 Å². The summed E-state index contributed by atoms with van der Waals surface area (Å²) in [4.78, 5) is 182. The van der Waals surface area contributed by atoms with Crippen LogP contribution in [0.5, 0.6) is 0 Å². The third kappa shape index (κ3) is 23.4. The summed E-state index contributed by atoms with van der Waals surface area (Å²) in [6.45, 7) is 27.6. The molecule has 27 heteroatoms. The number of likely N-dealkylation sites (N-methyl/N-ethyl adjacent to an activating group) is 7. The van der Waals surface area contributed by atoms with Gasteiger partial charge in [-0.3, -0.25) is 52.7 Å². The van der Waals surface area contributed by atoms with Gasteiger partial charge in [-0.1, -0.05) is 109 Å². The minimum atomic E-state index is -5.58. The van der Waals surface area contributed by atoms with Crippen LogP contribution in [-0.4, -0.2) is 234 Å². The lowest BCUT2D eigenvalue weighted by Gasteiger charge is -2.42. The molecule has 520 valence electrons. The SMILES string of the molecule is C/C=C/C[C@@H](C)[C@@H](OC(=O)C(F)(F)F)[C@H]1C(=O)N[C@@H](CC)C(=O)N(C)CC(=O)N(C)[C@@H](CC(C)C)C(=O)N[C@H](C(C)C)C(=O)N(C)[C@H](CC(C)C)C(=O)N[C@H](C)C(=O)NC(C)C(=O)N(C)[C@@H](CC(C)C)C(=O)N(C)[C@@H](CC(C)C)C(=O)N(C)[C@@H](C(C)C)C(=O)N1C. The number of hydrogen-bond acceptors (Lipinski definition) is 13. The van der Waals surface area contributed by atoms with Gasteiger partial charge in [-0.15, -0.1) is 0 Å². The normalized spacial score (nSPS) is 26.0. The van der Waals surface area contributed by atoms with E-state index in [1.54, 1.807) is 74.5 Å². The van der Waals surface area contributed by atoms with Crippen molar-refractivity contribution in [3.05, 3.63) is 12.2 Å². The second-order valence-corrected chi connectivity index (χ2v) is 27.0. The summed E-state index contributed by atoms with van der Waals surface area (Å²) in [5.74, 6) is -15.1. The lowest BCUT2D eigenvalue weighted by atomic mass is 9.91. The second kappa shape index (κ2) is 36.4. The first-order valence-electron chi connectivity index (χ1n) is 31.8. The maximum Gasteiger partial charge on any atom is 0.490 e. The van der Waals surface area contributed by atoms with Gasteiger partial charge in [-0.25, -0.2) is 4.79 Å². The molecule has 0 bridgehead atoms. The zero-order chi connectivity index (χ0) is 70.8. The smallest absolute Gasteiger partial charge is 0.453 e. The standard InChI is InChI=1S/C64H110F3N11O13/c1-25-27-28-40(15)52(91-63(90)64(65,66)67)51-56(83)70-43(26-2)58(85)72(18)33-48(79)73(19)44(29-34(3)4)55(82)71-49(38(11)12)61(88)74(20)45(30-35(5)6)54(81)68-41(16)53(80)69-42(17)57(84)75(21)46(31-36(7)8)59(86)76(22)47(32-37(9)10)60(87)77(23)50(39(13)14)62(89)78(51)24/h25,27,34-47,49-52H,26,28-33H2,1-24H3,(H,68,81)(H,69,80)(H,70,83)(H,71,82)/b27-25+/t40-,41-,42?,43+,44+,45-,46+,47+,49-,50+,51+,52-/m1/s1. The predicted molar refractivity (Wildman–Crippen MR) is 338 cm³/mol. The minimum Gasteiger partial charge on any atom is -0.453 e. The third-order valence-corrected chi connectivity index (χ3v) is 16.5. The number of nitrogens with one attached hydrogen (secondary N) is 4. The molecule has 0 aromatic heterocycles. The number of rotatable bonds is 16. The van der Waals surface area contributed by atoms with Crippen molar-refractivity contribution in [2.75, 3.05) is 55.9 Å². The lowest BCUT2D eigenvalue weighted by molar-refractivity contribution is -0.210. The van der Waals surface area contributed by atoms with Crippen molar-refractivity contribution in [2.24, 2.45) is 41.4 Å². The van der Waals surface area contributed by atoms with Gasteiger partial charge in [0.15, 0.2) is 0 Å². The first kappa shape index (κ1) is 82.2. The molecular formula is C64H110F3N11O13. The number of esters is 1. The molecule has 0 spiro atoms. The number of alkyl halides is 3. The first-order chi connectivity index (χ1) is 41.8. The van der Waals surface area contributed by atoms with E-state index < -0.39 is 168 Å². The number of nitrogens with zero attached hydrogens (tertiary/aromatic N) is 7. The zero-order valence-corrected chi connectivity index (χ0v) is 58.6. The van der Waals surface area contributed by atoms with Gasteiger partial charge in [0.25, 0.3) is 0 Å². The van der Waals surface area contributed by atoms with Crippen LogP contribution in [0.25, 0.3) is 0 Å². The van der Waals surface area contributed by atoms with Crippen molar-refractivity contribution < 1.29 is 75.4 Å². The van der Waals surface area contributed by atoms with E-state index >= 15 is 19.2 Å². The van der Waals surface area contributed by atoms with Gasteiger partial charge in [-0.2, -0.15) is 13.2 Å². The van der Waals surface area contributed by atoms with Crippen molar-refractivity contribution in [1.82, 2.24) is 55.6 Å². The molecule has 0 aliphatic carbocycles. The fraction of sp³-hybridized carbons (Fsp3) is 0.781. The van der Waals surface area contributed by atoms with Gasteiger partial charge < -0.3 is 60.3 Å². The van der Waals surface area contributed by atoms with Crippen molar-refractivity contribution >= 4 is 70.9 Å². The highest BCUT2D eigenvalue weighted by Gasteiger charge is 2.50. The number of ether oxygens (including phenoxy) is 1. The molecule has 4 N–H and O–H groups in total. The molecule has 0 aromatic carbocycles. The van der Waals surface area contributed by atoms with E-state index in [4.69, 9.17) is 4.74 Å². The highest BCUT2D eigenvalue weighted by atomic mass is 19.4. The number of allylic oxidation sites excluding steroid dienone is 2. The van der Waals surface area contributed by atoms with Gasteiger partial charge >= 0.3 is 12.1 Å². The number of hydrogen-bond donors (Lipinski definition) is 4. The maximum absolute atomic E-state index is 15.4. The monoisotopic (exact) mass is 1300 g/mol. The van der Waals surface area contributed by atoms with E-state index in [1.165, 1.54) is 79.8 Å². The van der Waals surface area contributed by atoms with E-state index in [-0.39, 0.29) is 62.2 Å². The summed E-state index contributed by atoms with van der Waals surface area (Å²) >= 11 is 0. The molecule has 11 amide bonds. The van der Waals surface area contributed by atoms with Gasteiger partial charge in [0.1, 0.15) is 66.5 Å². The Morgan fingerprint density at radius 2 is 0.923 bits per heavy atom. The molecule has 1 aliphatic heterocycles. The van der Waals surface area contributed by atoms with Crippen LogP contribution in [0.4, 0.5) is 13.2 Å². The van der Waals surface area contributed by atoms with Crippen LogP contribution in [0.1, 0.15) is 156 Å². The third-order valence-electron chi connectivity index (χ3n) is 16.5. The van der Waals surface area contributed by atoms with Crippen molar-refractivity contribution in [1.29, 1.82) is 0 Å². The molecule has 1 fully saturated rings. The average molecular weight is 1300 g/mol. The number of carbonyl (C=O) groups excluding carboxylic acids is 12. The van der Waals surface area contributed by atoms with Gasteiger partial charge in [-0.05, 0) is 101 Å². The number of carbonyl (C=O) groups is 12. The molecule has 12 atom stereocenters. The summed E-state index contributed by atoms with van der Waals surface area (Å²) < 4.78 is 48.0. The molecule has 91 heavy (non-hydrogen) atoms. The molecule has 24 nitrogen and oxygen atoms in total. The summed E-state index contributed by atoms with van der Waals surface area (Å²) in [5, 5.41) is 10.6. The Kier molecular flexibility index (Phi) is 32.9. The summed E-state index contributed by atoms with van der Waals surface area (Å²) in [5.41, 5.74) is 0. The van der Waals surface area contributed by atoms with E-state index in [0.717, 1.165) is 31.5 Å². The van der Waals surface area contributed by atoms with Crippen LogP contribution in [0, 0.1) is 41.4 Å². The van der Waals surface area contributed by atoms with Crippen molar-refractivity contribution in [2.45, 2.75) is 229 Å². The Morgan fingerprint density at radius 3 is 1.36 bits per heavy atom. The molecule has 1 heterocycles. The highest BCUT2D eigenvalue weighted by Crippen LogP contribution is 2.29. The average Bonchev–Trinajstić information content (AvgIpc) is 1.72. The molecule has 0 radical (unpaired) electrons. The Morgan fingerprint density at radius 1 is 0.505 bits per heavy atom. The van der Waals surface area contributed by atoms with Gasteiger partial charge in [0.2, 0.25) is 65.0 Å². The Balaban J connectivity index is 4.52. The fourth-order valence-corrected chi connectivity index (χ4v) is 11.0. The van der Waals surface area contributed by atoms with Gasteiger partial charge in [0, 0.05) is 49.3 Å². The predicted octanol–water partition coefficient (Wildman–Crippen LogP) is 4.38. The van der Waals surface area contributed by atoms with E-state index in [9.17, 15) is 51.5 Å². The molecular weight excluding hydrogens is 1190 g/mol. The van der Waals surface area contributed by atoms with E-state index in [1.807, 2.05) is 27.7 Å². The van der Waals surface area contributed by atoms with E-state index in [2.05, 4.69) is 21.3 Å². The molecule has 1 rings (SSSR count). The Labute approximate surface area is 538 Å². The zero-order valence-electron chi connectivity index (χ0n) is 58.6. The van der Waals surface area contributed by atoms with Gasteiger partial charge in [0.05, 0.1) is 6.54 Å². The summed E-state index contributed by atoms with van der Waals surface area (Å²) in [7, 11) is 9.10. The van der Waals surface area contributed by atoms with Crippen LogP contribution < -0.4 is 21.3 Å². The van der Waals surface area contributed by atoms with Crippen molar-refractivity contribution in [3.63, 3.8) is 0 Å². The Bertz CT molecular complexity index is 2560. The summed E-state index contributed by atoms with van der Waals surface area (Å²) in [6.07, 6.45) is -4.52. The summed E-state index contributed by atoms with van der Waals surface area (Å²) in [6, 6.07) is -14.0. The molecule has 1 unspecified atom stereocenters. The highest BCUT2D eigenvalue weighted by molar-refractivity contribution is 5.99. The minimum absolute atomic E-state index is 0.0158. The second-order valence-electron chi connectivity index (χ2n) is 27.0. The van der Waals surface area contributed by atoms with Crippen LogP contribution in [0.2, 0.25) is 0 Å². The lowest BCUT2D eigenvalue weighted by Crippen LogP contribution is -2.64. The number of halogens is 3. The number of amides is 11. The quantitative estimate of drug-likeness (QED) is 0.123. The first-order valence-corrected chi connectivity index (χ1v) is 31.8. The molecule has 1 aliphatic rings. The van der Waals surface area contributed by atoms with Crippen LogP contribution in [0.3, 0.4) is 0 Å². The molecule has 0 aromatic rings. The molecule has 0 saturated carbocycles. The molecule has 1 saturated heterocycles.